The number of piperidine rings is 1. The van der Waals surface area contributed by atoms with E-state index in [-0.39, 0.29) is 6.10 Å². The molecule has 23 heavy (non-hydrogen) atoms. The molecule has 1 aliphatic heterocycles. The van der Waals surface area contributed by atoms with Crippen molar-refractivity contribution in [2.45, 2.75) is 38.4 Å². The van der Waals surface area contributed by atoms with Crippen LogP contribution in [0.1, 0.15) is 42.6 Å². The molecule has 0 radical (unpaired) electrons. The normalized spacial score (nSPS) is 18.0. The van der Waals surface area contributed by atoms with Crippen LogP contribution in [0.3, 0.4) is 0 Å². The molecule has 0 aliphatic carbocycles. The van der Waals surface area contributed by atoms with Crippen LogP contribution in [-0.4, -0.2) is 31.1 Å². The smallest absolute Gasteiger partial charge is 0.108 e. The molecule has 0 saturated carbocycles. The number of hydrogen-bond acceptors (Lipinski definition) is 2. The van der Waals surface area contributed by atoms with Gasteiger partial charge in [0.2, 0.25) is 0 Å². The Morgan fingerprint density at radius 3 is 2.17 bits per heavy atom. The highest BCUT2D eigenvalue weighted by Gasteiger charge is 2.23. The molecule has 2 aromatic carbocycles. The number of benzene rings is 2. The third-order valence-corrected chi connectivity index (χ3v) is 4.79. The summed E-state index contributed by atoms with van der Waals surface area (Å²) in [4.78, 5) is 2.38. The third-order valence-electron chi connectivity index (χ3n) is 4.79. The van der Waals surface area contributed by atoms with Gasteiger partial charge in [-0.25, -0.2) is 0 Å². The van der Waals surface area contributed by atoms with E-state index in [1.54, 1.807) is 0 Å². The summed E-state index contributed by atoms with van der Waals surface area (Å²) in [7, 11) is 2.19. The minimum atomic E-state index is 0.0375. The molecule has 2 aromatic rings. The first-order chi connectivity index (χ1) is 11.3. The Morgan fingerprint density at radius 1 is 0.957 bits per heavy atom. The van der Waals surface area contributed by atoms with Crippen molar-refractivity contribution in [3.8, 4) is 0 Å². The minimum absolute atomic E-state index is 0.0375. The van der Waals surface area contributed by atoms with Crippen LogP contribution >= 0.6 is 0 Å². The Labute approximate surface area is 140 Å². The number of nitrogens with zero attached hydrogens (tertiary/aromatic N) is 1. The third kappa shape index (κ3) is 4.21. The second kappa shape index (κ2) is 7.76. The van der Waals surface area contributed by atoms with E-state index in [0.29, 0.717) is 6.10 Å². The monoisotopic (exact) mass is 309 g/mol. The topological polar surface area (TPSA) is 12.5 Å². The fraction of sp³-hybridized carbons (Fsp3) is 0.429. The van der Waals surface area contributed by atoms with Gasteiger partial charge in [0.25, 0.3) is 0 Å². The molecule has 1 heterocycles. The Hall–Kier alpha value is -1.64. The molecule has 1 fully saturated rings. The lowest BCUT2D eigenvalue weighted by Gasteiger charge is -2.32. The van der Waals surface area contributed by atoms with Crippen molar-refractivity contribution in [3.63, 3.8) is 0 Å². The van der Waals surface area contributed by atoms with Gasteiger partial charge in [-0.2, -0.15) is 0 Å². The van der Waals surface area contributed by atoms with E-state index in [0.717, 1.165) is 32.4 Å². The van der Waals surface area contributed by atoms with E-state index >= 15 is 0 Å². The molecule has 1 atom stereocenters. The van der Waals surface area contributed by atoms with Crippen LogP contribution in [0.5, 0.6) is 0 Å². The standard InChI is InChI=1S/C21H27NO/c1-3-17-9-11-19(12-10-17)21(18-7-5-4-6-8-18)23-20-13-15-22(2)16-14-20/h4-12,20-21H,3,13-16H2,1-2H3. The second-order valence-corrected chi connectivity index (χ2v) is 6.52. The van der Waals surface area contributed by atoms with E-state index in [1.807, 2.05) is 0 Å². The Kier molecular flexibility index (Phi) is 5.47. The van der Waals surface area contributed by atoms with Crippen molar-refractivity contribution >= 4 is 0 Å². The largest absolute Gasteiger partial charge is 0.365 e. The highest BCUT2D eigenvalue weighted by molar-refractivity contribution is 5.32. The van der Waals surface area contributed by atoms with Gasteiger partial charge in [-0.1, -0.05) is 61.5 Å². The molecule has 1 aliphatic rings. The maximum atomic E-state index is 6.56. The highest BCUT2D eigenvalue weighted by Crippen LogP contribution is 2.30. The maximum absolute atomic E-state index is 6.56. The van der Waals surface area contributed by atoms with Gasteiger partial charge < -0.3 is 9.64 Å². The number of likely N-dealkylation sites (tertiary alicyclic amines) is 1. The van der Waals surface area contributed by atoms with Gasteiger partial charge >= 0.3 is 0 Å². The van der Waals surface area contributed by atoms with Gasteiger partial charge in [0, 0.05) is 13.1 Å². The van der Waals surface area contributed by atoms with E-state index in [2.05, 4.69) is 73.5 Å². The molecule has 3 rings (SSSR count). The van der Waals surface area contributed by atoms with E-state index in [4.69, 9.17) is 4.74 Å². The summed E-state index contributed by atoms with van der Waals surface area (Å²) in [6, 6.07) is 19.5. The van der Waals surface area contributed by atoms with Crippen molar-refractivity contribution in [2.24, 2.45) is 0 Å². The lowest BCUT2D eigenvalue weighted by Crippen LogP contribution is -2.35. The summed E-state index contributed by atoms with van der Waals surface area (Å²) in [6.45, 7) is 4.45. The molecule has 1 unspecified atom stereocenters. The molecule has 122 valence electrons. The van der Waals surface area contributed by atoms with Crippen LogP contribution in [0.25, 0.3) is 0 Å². The number of ether oxygens (including phenoxy) is 1. The van der Waals surface area contributed by atoms with Crippen LogP contribution in [0.15, 0.2) is 54.6 Å². The van der Waals surface area contributed by atoms with Crippen LogP contribution in [0.4, 0.5) is 0 Å². The summed E-state index contributed by atoms with van der Waals surface area (Å²) in [5, 5.41) is 0. The first kappa shape index (κ1) is 16.2. The average Bonchev–Trinajstić information content (AvgIpc) is 2.62. The van der Waals surface area contributed by atoms with Gasteiger partial charge in [-0.3, -0.25) is 0 Å². The summed E-state index contributed by atoms with van der Waals surface area (Å²) in [5.74, 6) is 0. The van der Waals surface area contributed by atoms with Crippen molar-refractivity contribution < 1.29 is 4.74 Å². The average molecular weight is 309 g/mol. The van der Waals surface area contributed by atoms with Gasteiger partial charge in [0.05, 0.1) is 6.10 Å². The maximum Gasteiger partial charge on any atom is 0.108 e. The van der Waals surface area contributed by atoms with Crippen molar-refractivity contribution in [2.75, 3.05) is 20.1 Å². The van der Waals surface area contributed by atoms with E-state index in [9.17, 15) is 0 Å². The molecule has 0 N–H and O–H groups in total. The van der Waals surface area contributed by atoms with Crippen molar-refractivity contribution in [3.05, 3.63) is 71.3 Å². The van der Waals surface area contributed by atoms with Gasteiger partial charge in [0.15, 0.2) is 0 Å². The Morgan fingerprint density at radius 2 is 1.57 bits per heavy atom. The van der Waals surface area contributed by atoms with Crippen LogP contribution in [-0.2, 0) is 11.2 Å². The summed E-state index contributed by atoms with van der Waals surface area (Å²) < 4.78 is 6.56. The minimum Gasteiger partial charge on any atom is -0.365 e. The van der Waals surface area contributed by atoms with Crippen LogP contribution in [0.2, 0.25) is 0 Å². The van der Waals surface area contributed by atoms with Gasteiger partial charge in [-0.05, 0) is 43.0 Å². The molecule has 0 bridgehead atoms. The lowest BCUT2D eigenvalue weighted by molar-refractivity contribution is -0.0234. The molecule has 2 nitrogen and oxygen atoms in total. The Balaban J connectivity index is 1.81. The number of rotatable bonds is 5. The molecule has 0 amide bonds. The zero-order valence-electron chi connectivity index (χ0n) is 14.2. The number of hydrogen-bond donors (Lipinski definition) is 0. The first-order valence-electron chi connectivity index (χ1n) is 8.74. The summed E-state index contributed by atoms with van der Waals surface area (Å²) in [6.07, 6.45) is 3.70. The van der Waals surface area contributed by atoms with Crippen molar-refractivity contribution in [1.29, 1.82) is 0 Å². The molecular formula is C21H27NO. The van der Waals surface area contributed by atoms with Crippen LogP contribution in [0, 0.1) is 0 Å². The molecular weight excluding hydrogens is 282 g/mol. The molecule has 2 heteroatoms. The van der Waals surface area contributed by atoms with Crippen LogP contribution < -0.4 is 0 Å². The fourth-order valence-electron chi connectivity index (χ4n) is 3.22. The predicted octanol–water partition coefficient (Wildman–Crippen LogP) is 4.45. The lowest BCUT2D eigenvalue weighted by atomic mass is 9.98. The van der Waals surface area contributed by atoms with Crippen molar-refractivity contribution in [1.82, 2.24) is 4.90 Å². The summed E-state index contributed by atoms with van der Waals surface area (Å²) in [5.41, 5.74) is 3.88. The zero-order valence-corrected chi connectivity index (χ0v) is 14.2. The number of aryl methyl sites for hydroxylation is 1. The second-order valence-electron chi connectivity index (χ2n) is 6.52. The molecule has 0 aromatic heterocycles. The first-order valence-corrected chi connectivity index (χ1v) is 8.74. The molecule has 1 saturated heterocycles. The quantitative estimate of drug-likeness (QED) is 0.809. The van der Waals surface area contributed by atoms with Gasteiger partial charge in [0.1, 0.15) is 6.10 Å². The summed E-state index contributed by atoms with van der Waals surface area (Å²) >= 11 is 0. The fourth-order valence-corrected chi connectivity index (χ4v) is 3.22. The Bertz CT molecular complexity index is 585. The van der Waals surface area contributed by atoms with E-state index < -0.39 is 0 Å². The highest BCUT2D eigenvalue weighted by atomic mass is 16.5. The predicted molar refractivity (Wildman–Crippen MR) is 95.7 cm³/mol. The van der Waals surface area contributed by atoms with Gasteiger partial charge in [-0.15, -0.1) is 0 Å². The molecule has 0 spiro atoms. The zero-order chi connectivity index (χ0) is 16.1. The SMILES string of the molecule is CCc1ccc(C(OC2CCN(C)CC2)c2ccccc2)cc1. The van der Waals surface area contributed by atoms with E-state index in [1.165, 1.54) is 16.7 Å².